The zero-order valence-electron chi connectivity index (χ0n) is 18.5. The Hall–Kier alpha value is -2.36. The van der Waals surface area contributed by atoms with Crippen molar-refractivity contribution in [1.82, 2.24) is 13.8 Å². The van der Waals surface area contributed by atoms with Gasteiger partial charge in [-0.3, -0.25) is 4.79 Å². The number of carbonyl (C=O) groups is 1. The van der Waals surface area contributed by atoms with E-state index in [0.717, 1.165) is 56.0 Å². The van der Waals surface area contributed by atoms with Crippen molar-refractivity contribution >= 4 is 27.3 Å². The van der Waals surface area contributed by atoms with Crippen LogP contribution in [-0.2, 0) is 17.1 Å². The predicted molar refractivity (Wildman–Crippen MR) is 122 cm³/mol. The Morgan fingerprint density at radius 3 is 2.29 bits per heavy atom. The average molecular weight is 446 g/mol. The molecule has 0 unspecified atom stereocenters. The molecule has 1 aromatic carbocycles. The van der Waals surface area contributed by atoms with Crippen LogP contribution in [0, 0.1) is 6.92 Å². The van der Waals surface area contributed by atoms with E-state index in [2.05, 4.69) is 28.2 Å². The molecule has 0 spiro atoms. The summed E-state index contributed by atoms with van der Waals surface area (Å²) < 4.78 is 28.7. The molecule has 4 rings (SSSR count). The molecule has 1 amide bonds. The Kier molecular flexibility index (Phi) is 6.09. The molecule has 3 heterocycles. The second-order valence-electron chi connectivity index (χ2n) is 8.53. The fourth-order valence-electron chi connectivity index (χ4n) is 4.21. The third-order valence-corrected chi connectivity index (χ3v) is 8.11. The molecule has 2 saturated heterocycles. The third-order valence-electron chi connectivity index (χ3n) is 6.24. The van der Waals surface area contributed by atoms with Crippen molar-refractivity contribution in [3.05, 3.63) is 41.7 Å². The van der Waals surface area contributed by atoms with Crippen LogP contribution in [-0.4, -0.2) is 74.4 Å². The van der Waals surface area contributed by atoms with E-state index in [9.17, 15) is 13.2 Å². The first-order valence-corrected chi connectivity index (χ1v) is 12.2. The fraction of sp³-hybridized carbons (Fsp3) is 0.500. The average Bonchev–Trinajstić information content (AvgIpc) is 3.41. The van der Waals surface area contributed by atoms with E-state index in [1.54, 1.807) is 11.6 Å². The van der Waals surface area contributed by atoms with Gasteiger partial charge in [-0.1, -0.05) is 0 Å². The number of nitrogens with zero attached hydrogens (tertiary/aromatic N) is 4. The number of nitrogens with one attached hydrogen (secondary N) is 1. The molecule has 168 valence electrons. The molecular formula is C22H31N5O3S. The van der Waals surface area contributed by atoms with Gasteiger partial charge < -0.3 is 19.7 Å². The predicted octanol–water partition coefficient (Wildman–Crippen LogP) is 2.12. The number of benzene rings is 1. The summed E-state index contributed by atoms with van der Waals surface area (Å²) in [4.78, 5) is 17.8. The summed E-state index contributed by atoms with van der Waals surface area (Å²) in [5, 5.41) is 2.94. The number of sulfonamides is 1. The Balaban J connectivity index is 1.49. The van der Waals surface area contributed by atoms with Crippen molar-refractivity contribution in [3.63, 3.8) is 0 Å². The summed E-state index contributed by atoms with van der Waals surface area (Å²) in [6.07, 6.45) is 3.28. The fourth-order valence-corrected chi connectivity index (χ4v) is 5.80. The SMILES string of the molecule is Cc1cc(N2CCN(C)CC2)ccc1NC(=O)c1cc(S(=O)(=O)N2CCCC2)cn1C. The number of hydrogen-bond donors (Lipinski definition) is 1. The third kappa shape index (κ3) is 4.49. The van der Waals surface area contributed by atoms with Crippen LogP contribution >= 0.6 is 0 Å². The van der Waals surface area contributed by atoms with E-state index in [-0.39, 0.29) is 10.8 Å². The van der Waals surface area contributed by atoms with E-state index >= 15 is 0 Å². The van der Waals surface area contributed by atoms with Crippen LogP contribution in [0.3, 0.4) is 0 Å². The quantitative estimate of drug-likeness (QED) is 0.763. The van der Waals surface area contributed by atoms with Crippen LogP contribution < -0.4 is 10.2 Å². The van der Waals surface area contributed by atoms with Gasteiger partial charge in [-0.15, -0.1) is 0 Å². The molecule has 9 heteroatoms. The van der Waals surface area contributed by atoms with E-state index in [0.29, 0.717) is 18.8 Å². The lowest BCUT2D eigenvalue weighted by Gasteiger charge is -2.34. The summed E-state index contributed by atoms with van der Waals surface area (Å²) in [6.45, 7) is 7.10. The van der Waals surface area contributed by atoms with E-state index in [1.165, 1.54) is 16.6 Å². The minimum absolute atomic E-state index is 0.171. The molecule has 2 fully saturated rings. The number of carbonyl (C=O) groups excluding carboxylic acids is 1. The van der Waals surface area contributed by atoms with Crippen molar-refractivity contribution in [2.75, 3.05) is 56.5 Å². The van der Waals surface area contributed by atoms with Gasteiger partial charge in [-0.2, -0.15) is 4.31 Å². The maximum Gasteiger partial charge on any atom is 0.272 e. The van der Waals surface area contributed by atoms with E-state index < -0.39 is 10.0 Å². The maximum atomic E-state index is 12.9. The van der Waals surface area contributed by atoms with Crippen molar-refractivity contribution in [3.8, 4) is 0 Å². The topological polar surface area (TPSA) is 77.9 Å². The Morgan fingerprint density at radius 2 is 1.65 bits per heavy atom. The van der Waals surface area contributed by atoms with Crippen molar-refractivity contribution < 1.29 is 13.2 Å². The Labute approximate surface area is 184 Å². The molecule has 1 aromatic heterocycles. The number of amides is 1. The summed E-state index contributed by atoms with van der Waals surface area (Å²) in [5.41, 5.74) is 3.18. The normalized spacial score (nSPS) is 18.5. The molecule has 31 heavy (non-hydrogen) atoms. The lowest BCUT2D eigenvalue weighted by atomic mass is 10.1. The number of aromatic nitrogens is 1. The van der Waals surface area contributed by atoms with Gasteiger partial charge in [0.25, 0.3) is 5.91 Å². The van der Waals surface area contributed by atoms with Gasteiger partial charge in [0.1, 0.15) is 10.6 Å². The van der Waals surface area contributed by atoms with Gasteiger partial charge in [-0.25, -0.2) is 8.42 Å². The first-order valence-electron chi connectivity index (χ1n) is 10.8. The molecule has 0 bridgehead atoms. The molecule has 0 aliphatic carbocycles. The van der Waals surface area contributed by atoms with E-state index in [1.807, 2.05) is 19.1 Å². The van der Waals surface area contributed by atoms with Crippen molar-refractivity contribution in [1.29, 1.82) is 0 Å². The number of piperazine rings is 1. The highest BCUT2D eigenvalue weighted by Gasteiger charge is 2.29. The molecule has 8 nitrogen and oxygen atoms in total. The molecule has 2 aliphatic heterocycles. The Morgan fingerprint density at radius 1 is 0.968 bits per heavy atom. The van der Waals surface area contributed by atoms with Crippen LogP contribution in [0.2, 0.25) is 0 Å². The van der Waals surface area contributed by atoms with Crippen LogP contribution in [0.15, 0.2) is 35.4 Å². The van der Waals surface area contributed by atoms with Gasteiger partial charge >= 0.3 is 0 Å². The maximum absolute atomic E-state index is 12.9. The Bertz CT molecular complexity index is 1060. The highest BCUT2D eigenvalue weighted by molar-refractivity contribution is 7.89. The van der Waals surface area contributed by atoms with Gasteiger partial charge in [0.15, 0.2) is 0 Å². The van der Waals surface area contributed by atoms with Crippen molar-refractivity contribution in [2.45, 2.75) is 24.7 Å². The molecule has 1 N–H and O–H groups in total. The molecule has 0 radical (unpaired) electrons. The number of aryl methyl sites for hydroxylation is 2. The van der Waals surface area contributed by atoms with Crippen molar-refractivity contribution in [2.24, 2.45) is 7.05 Å². The van der Waals surface area contributed by atoms with Gasteiger partial charge in [0.2, 0.25) is 10.0 Å². The number of anilines is 2. The lowest BCUT2D eigenvalue weighted by molar-refractivity contribution is 0.101. The minimum Gasteiger partial charge on any atom is -0.369 e. The summed E-state index contributed by atoms with van der Waals surface area (Å²) in [7, 11) is 0.274. The molecule has 0 saturated carbocycles. The molecule has 2 aromatic rings. The molecular weight excluding hydrogens is 414 g/mol. The number of rotatable bonds is 5. The highest BCUT2D eigenvalue weighted by atomic mass is 32.2. The van der Waals surface area contributed by atoms with E-state index in [4.69, 9.17) is 0 Å². The monoisotopic (exact) mass is 445 g/mol. The zero-order valence-corrected chi connectivity index (χ0v) is 19.3. The summed E-state index contributed by atoms with van der Waals surface area (Å²) >= 11 is 0. The summed E-state index contributed by atoms with van der Waals surface area (Å²) in [6, 6.07) is 7.51. The first kappa shape index (κ1) is 21.9. The largest absolute Gasteiger partial charge is 0.369 e. The molecule has 0 atom stereocenters. The van der Waals surface area contributed by atoms with Gasteiger partial charge in [0, 0.05) is 63.9 Å². The standard InChI is InChI=1S/C22H31N5O3S/c1-17-14-18(26-12-10-24(2)11-13-26)6-7-20(17)23-22(28)21-15-19(16-25(21)3)31(29,30)27-8-4-5-9-27/h6-7,14-16H,4-5,8-13H2,1-3H3,(H,23,28). The lowest BCUT2D eigenvalue weighted by Crippen LogP contribution is -2.44. The van der Waals surface area contributed by atoms with Crippen LogP contribution in [0.4, 0.5) is 11.4 Å². The summed E-state index contributed by atoms with van der Waals surface area (Å²) in [5.74, 6) is -0.319. The first-order chi connectivity index (χ1) is 14.8. The van der Waals surface area contributed by atoms with Crippen LogP contribution in [0.1, 0.15) is 28.9 Å². The smallest absolute Gasteiger partial charge is 0.272 e. The van der Waals surface area contributed by atoms with Crippen LogP contribution in [0.25, 0.3) is 0 Å². The molecule has 2 aliphatic rings. The van der Waals surface area contributed by atoms with Gasteiger partial charge in [0.05, 0.1) is 0 Å². The number of likely N-dealkylation sites (N-methyl/N-ethyl adjacent to an activating group) is 1. The zero-order chi connectivity index (χ0) is 22.2. The minimum atomic E-state index is -3.55. The highest BCUT2D eigenvalue weighted by Crippen LogP contribution is 2.26. The van der Waals surface area contributed by atoms with Gasteiger partial charge in [-0.05, 0) is 56.6 Å². The van der Waals surface area contributed by atoms with Crippen LogP contribution in [0.5, 0.6) is 0 Å². The second-order valence-corrected chi connectivity index (χ2v) is 10.5. The second kappa shape index (κ2) is 8.64. The number of hydrogen-bond acceptors (Lipinski definition) is 5.